The molecule has 108 valence electrons. The molecule has 0 bridgehead atoms. The van der Waals surface area contributed by atoms with Gasteiger partial charge in [0.05, 0.1) is 6.54 Å². The van der Waals surface area contributed by atoms with Crippen molar-refractivity contribution in [2.24, 2.45) is 0 Å². The maximum Gasteiger partial charge on any atom is 0.241 e. The normalized spacial score (nSPS) is 10.8. The third-order valence-electron chi connectivity index (χ3n) is 2.70. The third-order valence-corrected chi connectivity index (χ3v) is 4.04. The molecule has 1 N–H and O–H groups in total. The Hall–Kier alpha value is -1.63. The number of nitrogens with one attached hydrogen (secondary N) is 1. The fourth-order valence-corrected chi connectivity index (χ4v) is 2.78. The Kier molecular flexibility index (Phi) is 4.38. The maximum atomic E-state index is 5.81. The molecular weight excluding hydrogens is 331 g/mol. The molecule has 0 aliphatic heterocycles. The molecule has 1 aromatic carbocycles. The van der Waals surface area contributed by atoms with E-state index >= 15 is 0 Å². The largest absolute Gasteiger partial charge is 0.380 e. The first-order valence-corrected chi connectivity index (χ1v) is 7.80. The second kappa shape index (κ2) is 6.43. The summed E-state index contributed by atoms with van der Waals surface area (Å²) in [7, 11) is 0. The lowest BCUT2D eigenvalue weighted by Gasteiger charge is -2.05. The van der Waals surface area contributed by atoms with Crippen molar-refractivity contribution < 1.29 is 4.52 Å². The number of aromatic nitrogens is 3. The molecule has 0 unspecified atom stereocenters. The van der Waals surface area contributed by atoms with Crippen molar-refractivity contribution in [3.05, 3.63) is 45.7 Å². The van der Waals surface area contributed by atoms with Crippen LogP contribution in [0.2, 0.25) is 4.47 Å². The average Bonchev–Trinajstić information content (AvgIpc) is 3.14. The minimum absolute atomic E-state index is 0.205. The summed E-state index contributed by atoms with van der Waals surface area (Å²) in [4.78, 5) is 9.27. The Morgan fingerprint density at radius 1 is 1.33 bits per heavy atom. The summed E-state index contributed by atoms with van der Waals surface area (Å²) >= 11 is 12.9. The molecule has 0 fully saturated rings. The van der Waals surface area contributed by atoms with Gasteiger partial charge in [0.1, 0.15) is 5.88 Å². The van der Waals surface area contributed by atoms with E-state index in [-0.39, 0.29) is 5.88 Å². The second-order valence-electron chi connectivity index (χ2n) is 4.16. The van der Waals surface area contributed by atoms with Crippen LogP contribution in [0.3, 0.4) is 0 Å². The zero-order chi connectivity index (χ0) is 14.7. The molecule has 2 heterocycles. The smallest absolute Gasteiger partial charge is 0.241 e. The second-order valence-corrected chi connectivity index (χ2v) is 6.12. The van der Waals surface area contributed by atoms with Crippen molar-refractivity contribution in [1.29, 1.82) is 0 Å². The number of benzene rings is 1. The molecule has 5 nitrogen and oxygen atoms in total. The minimum atomic E-state index is 0.205. The number of halogens is 2. The molecule has 0 atom stereocenters. The number of anilines is 1. The molecular formula is C13H10Cl2N4OS. The first-order valence-electron chi connectivity index (χ1n) is 6.07. The summed E-state index contributed by atoms with van der Waals surface area (Å²) in [5.74, 6) is 1.14. The van der Waals surface area contributed by atoms with Crippen LogP contribution in [0.1, 0.15) is 10.8 Å². The lowest BCUT2D eigenvalue weighted by atomic mass is 10.2. The first-order chi connectivity index (χ1) is 10.2. The van der Waals surface area contributed by atoms with Gasteiger partial charge >= 0.3 is 0 Å². The Morgan fingerprint density at radius 2 is 2.24 bits per heavy atom. The summed E-state index contributed by atoms with van der Waals surface area (Å²) in [6.45, 7) is 0.660. The predicted octanol–water partition coefficient (Wildman–Crippen LogP) is 4.20. The molecule has 2 aromatic heterocycles. The van der Waals surface area contributed by atoms with Crippen LogP contribution in [0, 0.1) is 0 Å². The lowest BCUT2D eigenvalue weighted by Crippen LogP contribution is -1.97. The fraction of sp³-hybridized carbons (Fsp3) is 0.154. The van der Waals surface area contributed by atoms with Crippen LogP contribution in [-0.4, -0.2) is 15.1 Å². The zero-order valence-corrected chi connectivity index (χ0v) is 13.0. The van der Waals surface area contributed by atoms with E-state index in [9.17, 15) is 0 Å². The molecule has 8 heteroatoms. The summed E-state index contributed by atoms with van der Waals surface area (Å²) < 4.78 is 5.55. The summed E-state index contributed by atoms with van der Waals surface area (Å²) in [5.41, 5.74) is 1.82. The van der Waals surface area contributed by atoms with Crippen LogP contribution in [0.25, 0.3) is 11.4 Å². The van der Waals surface area contributed by atoms with Crippen molar-refractivity contribution in [2.45, 2.75) is 12.4 Å². The van der Waals surface area contributed by atoms with Gasteiger partial charge in [-0.25, -0.2) is 4.98 Å². The standard InChI is InChI=1S/C13H10Cl2N4OS/c14-5-11-18-12(19-20-11)8-2-1-3-9(4-8)16-6-10-7-17-13(15)21-10/h1-4,7,16H,5-6H2. The van der Waals surface area contributed by atoms with Crippen LogP contribution in [0.15, 0.2) is 35.0 Å². The van der Waals surface area contributed by atoms with Crippen molar-refractivity contribution in [2.75, 3.05) is 5.32 Å². The van der Waals surface area contributed by atoms with Gasteiger partial charge in [-0.2, -0.15) is 4.98 Å². The Bertz CT molecular complexity index is 743. The van der Waals surface area contributed by atoms with E-state index in [2.05, 4.69) is 20.4 Å². The minimum Gasteiger partial charge on any atom is -0.380 e. The maximum absolute atomic E-state index is 5.81. The molecule has 0 radical (unpaired) electrons. The first kappa shape index (κ1) is 14.3. The van der Waals surface area contributed by atoms with Gasteiger partial charge in [0, 0.05) is 22.3 Å². The summed E-state index contributed by atoms with van der Waals surface area (Å²) in [6.07, 6.45) is 1.76. The van der Waals surface area contributed by atoms with E-state index < -0.39 is 0 Å². The topological polar surface area (TPSA) is 63.8 Å². The molecule has 0 amide bonds. The van der Waals surface area contributed by atoms with Gasteiger partial charge in [0.15, 0.2) is 4.47 Å². The number of hydrogen-bond acceptors (Lipinski definition) is 6. The van der Waals surface area contributed by atoms with Crippen LogP contribution in [-0.2, 0) is 12.4 Å². The number of hydrogen-bond donors (Lipinski definition) is 1. The average molecular weight is 341 g/mol. The highest BCUT2D eigenvalue weighted by atomic mass is 35.5. The summed E-state index contributed by atoms with van der Waals surface area (Å²) in [6, 6.07) is 7.76. The monoisotopic (exact) mass is 340 g/mol. The summed E-state index contributed by atoms with van der Waals surface area (Å²) in [5, 5.41) is 7.20. The van der Waals surface area contributed by atoms with Crippen molar-refractivity contribution in [1.82, 2.24) is 15.1 Å². The number of thiazole rings is 1. The molecule has 0 saturated heterocycles. The zero-order valence-electron chi connectivity index (χ0n) is 10.7. The van der Waals surface area contributed by atoms with E-state index in [4.69, 9.17) is 27.7 Å². The van der Waals surface area contributed by atoms with Gasteiger partial charge in [0.25, 0.3) is 0 Å². The molecule has 0 aliphatic rings. The highest BCUT2D eigenvalue weighted by Gasteiger charge is 2.08. The Balaban J connectivity index is 1.73. The van der Waals surface area contributed by atoms with Gasteiger partial charge in [-0.1, -0.05) is 28.9 Å². The molecule has 3 rings (SSSR count). The molecule has 3 aromatic rings. The van der Waals surface area contributed by atoms with Crippen molar-refractivity contribution in [3.8, 4) is 11.4 Å². The van der Waals surface area contributed by atoms with E-state index in [0.29, 0.717) is 22.7 Å². The van der Waals surface area contributed by atoms with Crippen molar-refractivity contribution in [3.63, 3.8) is 0 Å². The van der Waals surface area contributed by atoms with Gasteiger partial charge in [0.2, 0.25) is 11.7 Å². The van der Waals surface area contributed by atoms with E-state index in [1.165, 1.54) is 11.3 Å². The predicted molar refractivity (Wildman–Crippen MR) is 83.7 cm³/mol. The van der Waals surface area contributed by atoms with Crippen molar-refractivity contribution >= 4 is 40.2 Å². The molecule has 21 heavy (non-hydrogen) atoms. The van der Waals surface area contributed by atoms with E-state index in [1.807, 2.05) is 24.3 Å². The van der Waals surface area contributed by atoms with Crippen LogP contribution in [0.5, 0.6) is 0 Å². The number of rotatable bonds is 5. The molecule has 0 aliphatic carbocycles. The quantitative estimate of drug-likeness (QED) is 0.705. The van der Waals surface area contributed by atoms with Crippen LogP contribution < -0.4 is 5.32 Å². The van der Waals surface area contributed by atoms with E-state index in [1.54, 1.807) is 6.20 Å². The van der Waals surface area contributed by atoms with Gasteiger partial charge in [-0.05, 0) is 12.1 Å². The highest BCUT2D eigenvalue weighted by molar-refractivity contribution is 7.15. The van der Waals surface area contributed by atoms with Gasteiger partial charge in [-0.3, -0.25) is 0 Å². The van der Waals surface area contributed by atoms with Gasteiger partial charge in [-0.15, -0.1) is 22.9 Å². The molecule has 0 saturated carbocycles. The fourth-order valence-electron chi connectivity index (χ4n) is 1.75. The number of alkyl halides is 1. The van der Waals surface area contributed by atoms with E-state index in [0.717, 1.165) is 16.1 Å². The SMILES string of the molecule is ClCc1nc(-c2cccc(NCc3cnc(Cl)s3)c2)no1. The van der Waals surface area contributed by atoms with Gasteiger partial charge < -0.3 is 9.84 Å². The lowest BCUT2D eigenvalue weighted by molar-refractivity contribution is 0.391. The van der Waals surface area contributed by atoms with Crippen LogP contribution >= 0.6 is 34.5 Å². The highest BCUT2D eigenvalue weighted by Crippen LogP contribution is 2.22. The Morgan fingerprint density at radius 3 is 2.95 bits per heavy atom. The molecule has 0 spiro atoms. The third kappa shape index (κ3) is 3.53. The number of nitrogens with zero attached hydrogens (tertiary/aromatic N) is 3. The van der Waals surface area contributed by atoms with Crippen LogP contribution in [0.4, 0.5) is 5.69 Å². The Labute approximate surface area is 134 Å².